The number of carbonyl (C=O) groups excluding carboxylic acids is 3. The van der Waals surface area contributed by atoms with E-state index in [1.165, 1.54) is 5.69 Å². The Hall–Kier alpha value is -5.15. The Labute approximate surface area is 250 Å². The summed E-state index contributed by atoms with van der Waals surface area (Å²) in [6.45, 7) is 5.89. The van der Waals surface area contributed by atoms with Crippen LogP contribution in [-0.4, -0.2) is 66.9 Å². The number of ketones is 1. The van der Waals surface area contributed by atoms with Gasteiger partial charge in [-0.3, -0.25) is 19.4 Å². The molecule has 3 aromatic carbocycles. The monoisotopic (exact) mass is 572 g/mol. The number of carbonyl (C=O) groups is 3. The van der Waals surface area contributed by atoms with E-state index in [-0.39, 0.29) is 17.6 Å². The molecule has 0 saturated carbocycles. The van der Waals surface area contributed by atoms with Crippen LogP contribution < -0.4 is 15.5 Å². The van der Waals surface area contributed by atoms with Gasteiger partial charge in [-0.2, -0.15) is 0 Å². The van der Waals surface area contributed by atoms with Crippen molar-refractivity contribution in [3.8, 4) is 0 Å². The molecule has 9 heteroatoms. The molecule has 0 aliphatic carbocycles. The first-order valence-corrected chi connectivity index (χ1v) is 14.3. The minimum absolute atomic E-state index is 0.188. The largest absolute Gasteiger partial charge is 0.369 e. The highest BCUT2D eigenvalue weighted by Gasteiger charge is 2.30. The van der Waals surface area contributed by atoms with Crippen LogP contribution >= 0.6 is 0 Å². The van der Waals surface area contributed by atoms with Crippen molar-refractivity contribution in [3.63, 3.8) is 0 Å². The first-order chi connectivity index (χ1) is 20.8. The Bertz CT molecular complexity index is 1720. The number of nitrogens with one attached hydrogen (secondary N) is 2. The van der Waals surface area contributed by atoms with E-state index in [9.17, 15) is 14.4 Å². The zero-order valence-corrected chi connectivity index (χ0v) is 24.1. The molecule has 1 fully saturated rings. The van der Waals surface area contributed by atoms with Crippen molar-refractivity contribution in [2.45, 2.75) is 12.8 Å². The summed E-state index contributed by atoms with van der Waals surface area (Å²) < 4.78 is 0. The number of likely N-dealkylation sites (N-methyl/N-ethyl adjacent to an activating group) is 1. The summed E-state index contributed by atoms with van der Waals surface area (Å²) in [5, 5.41) is 5.69. The molecule has 1 saturated heterocycles. The Morgan fingerprint density at radius 2 is 1.67 bits per heavy atom. The quantitative estimate of drug-likeness (QED) is 0.237. The number of benzene rings is 3. The van der Waals surface area contributed by atoms with Gasteiger partial charge in [0.15, 0.2) is 5.78 Å². The van der Waals surface area contributed by atoms with Crippen LogP contribution in [0.5, 0.6) is 0 Å². The molecule has 2 aliphatic rings. The molecule has 2 aliphatic heterocycles. The normalized spacial score (nSPS) is 16.7. The van der Waals surface area contributed by atoms with E-state index in [0.29, 0.717) is 28.2 Å². The molecule has 3 heterocycles. The molecule has 0 spiro atoms. The molecular weight excluding hydrogens is 540 g/mol. The molecule has 2 amide bonds. The number of aryl methyl sites for hydroxylation is 1. The van der Waals surface area contributed by atoms with E-state index >= 15 is 0 Å². The number of pyridine rings is 1. The third kappa shape index (κ3) is 6.22. The Balaban J connectivity index is 1.13. The fourth-order valence-electron chi connectivity index (χ4n) is 5.32. The van der Waals surface area contributed by atoms with Crippen LogP contribution in [0.3, 0.4) is 0 Å². The van der Waals surface area contributed by atoms with Crippen LogP contribution in [0, 0.1) is 6.92 Å². The van der Waals surface area contributed by atoms with Crippen molar-refractivity contribution >= 4 is 46.6 Å². The maximum atomic E-state index is 13.4. The number of anilines is 3. The number of hydrogen-bond donors (Lipinski definition) is 2. The second kappa shape index (κ2) is 12.0. The van der Waals surface area contributed by atoms with Crippen LogP contribution in [-0.2, 0) is 4.79 Å². The van der Waals surface area contributed by atoms with Gasteiger partial charge in [-0.25, -0.2) is 4.98 Å². The van der Waals surface area contributed by atoms with Crippen LogP contribution in [0.2, 0.25) is 0 Å². The van der Waals surface area contributed by atoms with Crippen LogP contribution in [0.4, 0.5) is 22.7 Å². The molecule has 43 heavy (non-hydrogen) atoms. The summed E-state index contributed by atoms with van der Waals surface area (Å²) in [6, 6.07) is 25.3. The van der Waals surface area contributed by atoms with Crippen LogP contribution in [0.25, 0.3) is 0 Å². The molecule has 6 rings (SSSR count). The third-order valence-electron chi connectivity index (χ3n) is 7.79. The minimum atomic E-state index is -0.551. The van der Waals surface area contributed by atoms with E-state index in [0.717, 1.165) is 43.1 Å². The van der Waals surface area contributed by atoms with Crippen LogP contribution in [0.15, 0.2) is 89.9 Å². The van der Waals surface area contributed by atoms with Gasteiger partial charge in [0.2, 0.25) is 5.91 Å². The number of piperazine rings is 1. The summed E-state index contributed by atoms with van der Waals surface area (Å²) in [5.41, 5.74) is 5.68. The number of nitrogens with zero attached hydrogens (tertiary/aromatic N) is 4. The Morgan fingerprint density at radius 3 is 2.44 bits per heavy atom. The molecular formula is C34H32N6O3. The zero-order valence-electron chi connectivity index (χ0n) is 24.1. The number of rotatable bonds is 7. The lowest BCUT2D eigenvalue weighted by molar-refractivity contribution is -0.115. The molecule has 0 radical (unpaired) electrons. The van der Waals surface area contributed by atoms with Gasteiger partial charge in [0.25, 0.3) is 5.91 Å². The first-order valence-electron chi connectivity index (χ1n) is 14.3. The number of fused-ring (bicyclic) bond motifs is 1. The van der Waals surface area contributed by atoms with E-state index in [1.54, 1.807) is 60.8 Å². The standard InChI is InChI=1S/C34H32N6O3/c1-22-5-3-8-30(36-22)34(43)37-26-7-4-6-23(19-26)32(41)24-9-14-28-29(33(42)38-31(28)20-24)21-35-25-10-12-27(13-11-25)40-17-15-39(2)16-18-40/h3-14,19-21,29H,15-18H2,1-2H3,(H,37,43)(H,38,42). The predicted octanol–water partition coefficient (Wildman–Crippen LogP) is 5.06. The fraction of sp³-hybridized carbons (Fsp3) is 0.206. The van der Waals surface area contributed by atoms with Gasteiger partial charge in [0, 0.05) is 66.3 Å². The number of aliphatic imine (C=N–C) groups is 1. The molecule has 1 unspecified atom stereocenters. The van der Waals surface area contributed by atoms with Crippen molar-refractivity contribution in [1.82, 2.24) is 9.88 Å². The summed E-state index contributed by atoms with van der Waals surface area (Å²) in [4.78, 5) is 52.3. The molecule has 0 bridgehead atoms. The minimum Gasteiger partial charge on any atom is -0.369 e. The van der Waals surface area contributed by atoms with Gasteiger partial charge in [0.1, 0.15) is 11.6 Å². The van der Waals surface area contributed by atoms with Crippen molar-refractivity contribution in [2.75, 3.05) is 48.8 Å². The van der Waals surface area contributed by atoms with Crippen molar-refractivity contribution in [2.24, 2.45) is 4.99 Å². The Morgan fingerprint density at radius 1 is 0.930 bits per heavy atom. The maximum absolute atomic E-state index is 13.4. The number of amides is 2. The third-order valence-corrected chi connectivity index (χ3v) is 7.79. The lowest BCUT2D eigenvalue weighted by Gasteiger charge is -2.34. The van der Waals surface area contributed by atoms with Gasteiger partial charge < -0.3 is 20.4 Å². The van der Waals surface area contributed by atoms with E-state index in [4.69, 9.17) is 0 Å². The summed E-state index contributed by atoms with van der Waals surface area (Å²) in [6.07, 6.45) is 1.66. The highest BCUT2D eigenvalue weighted by Crippen LogP contribution is 2.33. The van der Waals surface area contributed by atoms with E-state index < -0.39 is 5.92 Å². The van der Waals surface area contributed by atoms with Crippen molar-refractivity contribution < 1.29 is 14.4 Å². The lowest BCUT2D eigenvalue weighted by atomic mass is 9.97. The fourth-order valence-corrected chi connectivity index (χ4v) is 5.32. The zero-order chi connectivity index (χ0) is 29.9. The second-order valence-electron chi connectivity index (χ2n) is 10.9. The summed E-state index contributed by atoms with van der Waals surface area (Å²) in [5.74, 6) is -1.32. The molecule has 4 aromatic rings. The van der Waals surface area contributed by atoms with E-state index in [2.05, 4.69) is 49.6 Å². The Kier molecular flexibility index (Phi) is 7.81. The SMILES string of the molecule is Cc1cccc(C(=O)Nc2cccc(C(=O)c3ccc4c(c3)NC(=O)C4C=Nc3ccc(N4CCN(C)CC4)cc3)c2)n1. The van der Waals surface area contributed by atoms with Gasteiger partial charge in [0.05, 0.1) is 5.69 Å². The van der Waals surface area contributed by atoms with Crippen molar-refractivity contribution in [1.29, 1.82) is 0 Å². The first kappa shape index (κ1) is 28.0. The molecule has 216 valence electrons. The smallest absolute Gasteiger partial charge is 0.274 e. The second-order valence-corrected chi connectivity index (χ2v) is 10.9. The highest BCUT2D eigenvalue weighted by molar-refractivity contribution is 6.15. The average Bonchev–Trinajstić information content (AvgIpc) is 3.34. The summed E-state index contributed by atoms with van der Waals surface area (Å²) >= 11 is 0. The van der Waals surface area contributed by atoms with E-state index in [1.807, 2.05) is 25.1 Å². The van der Waals surface area contributed by atoms with Crippen molar-refractivity contribution in [3.05, 3.63) is 113 Å². The van der Waals surface area contributed by atoms with Gasteiger partial charge in [-0.15, -0.1) is 0 Å². The molecule has 1 aromatic heterocycles. The topological polar surface area (TPSA) is 107 Å². The summed E-state index contributed by atoms with van der Waals surface area (Å²) in [7, 11) is 2.14. The van der Waals surface area contributed by atoms with Crippen LogP contribution in [0.1, 0.15) is 43.6 Å². The van der Waals surface area contributed by atoms with Gasteiger partial charge in [-0.1, -0.05) is 30.3 Å². The number of hydrogen-bond acceptors (Lipinski definition) is 7. The van der Waals surface area contributed by atoms with Gasteiger partial charge in [-0.05, 0) is 74.1 Å². The highest BCUT2D eigenvalue weighted by atomic mass is 16.2. The molecule has 9 nitrogen and oxygen atoms in total. The predicted molar refractivity (Wildman–Crippen MR) is 169 cm³/mol. The molecule has 1 atom stereocenters. The van der Waals surface area contributed by atoms with Gasteiger partial charge >= 0.3 is 0 Å². The lowest BCUT2D eigenvalue weighted by Crippen LogP contribution is -2.44. The average molecular weight is 573 g/mol. The number of aromatic nitrogens is 1. The molecule has 2 N–H and O–H groups in total. The maximum Gasteiger partial charge on any atom is 0.274 e.